The summed E-state index contributed by atoms with van der Waals surface area (Å²) in [6.07, 6.45) is 3.20. The Morgan fingerprint density at radius 2 is 2.08 bits per heavy atom. The number of hydrogen-bond acceptors (Lipinski definition) is 3. The van der Waals surface area contributed by atoms with Gasteiger partial charge >= 0.3 is 5.97 Å². The van der Waals surface area contributed by atoms with Crippen LogP contribution in [0.5, 0.6) is 0 Å². The molecule has 0 bridgehead atoms. The molecule has 1 saturated heterocycles. The number of nitrogens with zero attached hydrogens (tertiary/aromatic N) is 2. The molecule has 1 aromatic heterocycles. The number of benzene rings is 1. The van der Waals surface area contributed by atoms with Gasteiger partial charge in [0.05, 0.1) is 18.1 Å². The zero-order valence-corrected chi connectivity index (χ0v) is 14.6. The van der Waals surface area contributed by atoms with Crippen molar-refractivity contribution in [3.63, 3.8) is 0 Å². The first kappa shape index (κ1) is 17.5. The Bertz CT molecular complexity index is 783. The van der Waals surface area contributed by atoms with Gasteiger partial charge in [-0.3, -0.25) is 9.59 Å². The minimum atomic E-state index is -0.826. The number of para-hydroxylation sites is 1. The number of rotatable bonds is 5. The predicted molar refractivity (Wildman–Crippen MR) is 94.7 cm³/mol. The number of methoxy groups -OCH3 is 1. The fourth-order valence-electron chi connectivity index (χ4n) is 3.71. The van der Waals surface area contributed by atoms with E-state index in [1.54, 1.807) is 12.0 Å². The number of piperidine rings is 1. The lowest BCUT2D eigenvalue weighted by Gasteiger charge is -2.37. The summed E-state index contributed by atoms with van der Waals surface area (Å²) in [6, 6.07) is 7.49. The standard InChI is InChI=1S/C19H24N2O4/c1-13-14(19(23)24)7-5-9-21(13)18(22)16-12-20(10-11-25-2)17-8-4-3-6-15(16)17/h3-4,6,8,12-14H,5,7,9-11H2,1-2H3,(H,23,24)/t13-,14-/m0/s1. The highest BCUT2D eigenvalue weighted by atomic mass is 16.5. The molecular weight excluding hydrogens is 320 g/mol. The van der Waals surface area contributed by atoms with E-state index in [-0.39, 0.29) is 11.9 Å². The number of aromatic nitrogens is 1. The molecule has 1 aliphatic rings. The van der Waals surface area contributed by atoms with E-state index in [2.05, 4.69) is 0 Å². The van der Waals surface area contributed by atoms with Gasteiger partial charge in [0.25, 0.3) is 5.91 Å². The van der Waals surface area contributed by atoms with Crippen molar-refractivity contribution >= 4 is 22.8 Å². The van der Waals surface area contributed by atoms with Crippen LogP contribution in [0, 0.1) is 5.92 Å². The quantitative estimate of drug-likeness (QED) is 0.905. The minimum absolute atomic E-state index is 0.0918. The van der Waals surface area contributed by atoms with Crippen molar-refractivity contribution in [2.24, 2.45) is 5.92 Å². The molecule has 6 heteroatoms. The number of fused-ring (bicyclic) bond motifs is 1. The van der Waals surface area contributed by atoms with Gasteiger partial charge < -0.3 is 19.3 Å². The number of ether oxygens (including phenoxy) is 1. The molecule has 1 N–H and O–H groups in total. The summed E-state index contributed by atoms with van der Waals surface area (Å²) in [6.45, 7) is 3.66. The van der Waals surface area contributed by atoms with Crippen LogP contribution in [0.4, 0.5) is 0 Å². The van der Waals surface area contributed by atoms with E-state index in [0.29, 0.717) is 31.7 Å². The normalized spacial score (nSPS) is 20.8. The highest BCUT2D eigenvalue weighted by Crippen LogP contribution is 2.28. The van der Waals surface area contributed by atoms with Gasteiger partial charge in [0.2, 0.25) is 0 Å². The van der Waals surface area contributed by atoms with Crippen LogP contribution in [-0.2, 0) is 16.1 Å². The second-order valence-electron chi connectivity index (χ2n) is 6.57. The molecule has 1 amide bonds. The van der Waals surface area contributed by atoms with E-state index >= 15 is 0 Å². The van der Waals surface area contributed by atoms with Gasteiger partial charge in [-0.25, -0.2) is 0 Å². The first-order chi connectivity index (χ1) is 12.0. The van der Waals surface area contributed by atoms with Crippen molar-refractivity contribution in [3.8, 4) is 0 Å². The van der Waals surface area contributed by atoms with Gasteiger partial charge in [-0.15, -0.1) is 0 Å². The molecule has 0 spiro atoms. The molecule has 1 aromatic carbocycles. The van der Waals surface area contributed by atoms with Gasteiger partial charge in [0.1, 0.15) is 0 Å². The monoisotopic (exact) mass is 344 g/mol. The number of carboxylic acid groups (broad SMARTS) is 1. The summed E-state index contributed by atoms with van der Waals surface area (Å²) in [5, 5.41) is 10.3. The number of amides is 1. The van der Waals surface area contributed by atoms with E-state index in [9.17, 15) is 14.7 Å². The predicted octanol–water partition coefficient (Wildman–Crippen LogP) is 2.61. The van der Waals surface area contributed by atoms with Crippen molar-refractivity contribution in [2.75, 3.05) is 20.3 Å². The summed E-state index contributed by atoms with van der Waals surface area (Å²) in [5.74, 6) is -1.42. The number of carbonyl (C=O) groups is 2. The molecule has 3 rings (SSSR count). The molecule has 25 heavy (non-hydrogen) atoms. The van der Waals surface area contributed by atoms with Crippen molar-refractivity contribution in [2.45, 2.75) is 32.4 Å². The van der Waals surface area contributed by atoms with E-state index in [0.717, 1.165) is 17.3 Å². The van der Waals surface area contributed by atoms with E-state index in [4.69, 9.17) is 4.74 Å². The van der Waals surface area contributed by atoms with Crippen LogP contribution >= 0.6 is 0 Å². The van der Waals surface area contributed by atoms with Gasteiger partial charge in [-0.2, -0.15) is 0 Å². The Hall–Kier alpha value is -2.34. The molecule has 2 heterocycles. The molecule has 2 atom stereocenters. The molecule has 1 fully saturated rings. The van der Waals surface area contributed by atoms with Crippen molar-refractivity contribution in [1.82, 2.24) is 9.47 Å². The molecule has 134 valence electrons. The molecule has 2 aromatic rings. The first-order valence-electron chi connectivity index (χ1n) is 8.65. The zero-order chi connectivity index (χ0) is 18.0. The summed E-state index contributed by atoms with van der Waals surface area (Å²) < 4.78 is 7.18. The first-order valence-corrected chi connectivity index (χ1v) is 8.65. The van der Waals surface area contributed by atoms with Crippen molar-refractivity contribution < 1.29 is 19.4 Å². The molecule has 0 saturated carbocycles. The summed E-state index contributed by atoms with van der Waals surface area (Å²) in [4.78, 5) is 26.3. The third kappa shape index (κ3) is 3.26. The molecular formula is C19H24N2O4. The van der Waals surface area contributed by atoms with Gasteiger partial charge in [-0.05, 0) is 25.8 Å². The number of carboxylic acids is 1. The number of carbonyl (C=O) groups excluding carboxylic acids is 1. The van der Waals surface area contributed by atoms with Gasteiger partial charge in [-0.1, -0.05) is 18.2 Å². The van der Waals surface area contributed by atoms with E-state index < -0.39 is 11.9 Å². The van der Waals surface area contributed by atoms with Crippen LogP contribution in [0.25, 0.3) is 10.9 Å². The third-order valence-electron chi connectivity index (χ3n) is 5.12. The summed E-state index contributed by atoms with van der Waals surface area (Å²) >= 11 is 0. The number of aliphatic carboxylic acids is 1. The SMILES string of the molecule is COCCn1cc(C(=O)N2CCC[C@H](C(=O)O)[C@@H]2C)c2ccccc21. The van der Waals surface area contributed by atoms with Crippen LogP contribution in [0.1, 0.15) is 30.1 Å². The minimum Gasteiger partial charge on any atom is -0.481 e. The van der Waals surface area contributed by atoms with E-state index in [1.807, 2.05) is 42.0 Å². The lowest BCUT2D eigenvalue weighted by molar-refractivity contribution is -0.144. The lowest BCUT2D eigenvalue weighted by atomic mass is 9.90. The Morgan fingerprint density at radius 1 is 1.32 bits per heavy atom. The van der Waals surface area contributed by atoms with Crippen LogP contribution in [0.2, 0.25) is 0 Å². The van der Waals surface area contributed by atoms with Crippen LogP contribution in [0.15, 0.2) is 30.5 Å². The Balaban J connectivity index is 1.95. The highest BCUT2D eigenvalue weighted by Gasteiger charge is 2.36. The molecule has 0 unspecified atom stereocenters. The van der Waals surface area contributed by atoms with Crippen molar-refractivity contribution in [1.29, 1.82) is 0 Å². The molecule has 0 aliphatic carbocycles. The van der Waals surface area contributed by atoms with Crippen molar-refractivity contribution in [3.05, 3.63) is 36.0 Å². The molecule has 0 radical (unpaired) electrons. The van der Waals surface area contributed by atoms with Crippen LogP contribution in [0.3, 0.4) is 0 Å². The average molecular weight is 344 g/mol. The number of likely N-dealkylation sites (tertiary alicyclic amines) is 1. The van der Waals surface area contributed by atoms with E-state index in [1.165, 1.54) is 0 Å². The topological polar surface area (TPSA) is 71.8 Å². The zero-order valence-electron chi connectivity index (χ0n) is 14.6. The lowest BCUT2D eigenvalue weighted by Crippen LogP contribution is -2.49. The maximum Gasteiger partial charge on any atom is 0.308 e. The van der Waals surface area contributed by atoms with Gasteiger partial charge in [0.15, 0.2) is 0 Å². The summed E-state index contributed by atoms with van der Waals surface area (Å²) in [5.41, 5.74) is 1.62. The fourth-order valence-corrected chi connectivity index (χ4v) is 3.71. The molecule has 1 aliphatic heterocycles. The molecule has 6 nitrogen and oxygen atoms in total. The second kappa shape index (κ2) is 7.27. The van der Waals surface area contributed by atoms with Gasteiger partial charge in [0, 0.05) is 43.3 Å². The largest absolute Gasteiger partial charge is 0.481 e. The smallest absolute Gasteiger partial charge is 0.308 e. The van der Waals surface area contributed by atoms with Crippen LogP contribution in [-0.4, -0.2) is 52.8 Å². The number of hydrogen-bond donors (Lipinski definition) is 1. The Kier molecular flexibility index (Phi) is 5.08. The fraction of sp³-hybridized carbons (Fsp3) is 0.474. The third-order valence-corrected chi connectivity index (χ3v) is 5.12. The van der Waals surface area contributed by atoms with Crippen LogP contribution < -0.4 is 0 Å². The maximum absolute atomic E-state index is 13.2. The average Bonchev–Trinajstić information content (AvgIpc) is 2.98. The Labute approximate surface area is 147 Å². The Morgan fingerprint density at radius 3 is 2.80 bits per heavy atom. The second-order valence-corrected chi connectivity index (χ2v) is 6.57. The summed E-state index contributed by atoms with van der Waals surface area (Å²) in [7, 11) is 1.65. The highest BCUT2D eigenvalue weighted by molar-refractivity contribution is 6.07. The maximum atomic E-state index is 13.2.